The molecular weight excluding hydrogens is 409 g/mol. The molecule has 0 aliphatic carbocycles. The van der Waals surface area contributed by atoms with Crippen molar-refractivity contribution in [3.05, 3.63) is 78.1 Å². The number of aliphatic hydroxyl groups excluding tert-OH is 1. The zero-order chi connectivity index (χ0) is 22.5. The second-order valence-corrected chi connectivity index (χ2v) is 7.91. The molecule has 6 nitrogen and oxygen atoms in total. The van der Waals surface area contributed by atoms with Crippen LogP contribution in [-0.2, 0) is 16.0 Å². The van der Waals surface area contributed by atoms with Crippen molar-refractivity contribution in [1.82, 2.24) is 10.2 Å². The van der Waals surface area contributed by atoms with Crippen molar-refractivity contribution < 1.29 is 19.1 Å². The van der Waals surface area contributed by atoms with Crippen molar-refractivity contribution in [2.75, 3.05) is 37.7 Å². The van der Waals surface area contributed by atoms with Gasteiger partial charge in [0.1, 0.15) is 11.9 Å². The van der Waals surface area contributed by atoms with Gasteiger partial charge in [-0.1, -0.05) is 42.5 Å². The maximum atomic E-state index is 13.1. The van der Waals surface area contributed by atoms with Crippen LogP contribution in [0.3, 0.4) is 0 Å². The van der Waals surface area contributed by atoms with E-state index in [4.69, 9.17) is 0 Å². The number of hydrogen-bond donors (Lipinski definition) is 2. The van der Waals surface area contributed by atoms with Crippen LogP contribution in [-0.4, -0.2) is 60.6 Å². The topological polar surface area (TPSA) is 72.9 Å². The Morgan fingerprint density at radius 1 is 0.938 bits per heavy atom. The molecule has 1 fully saturated rings. The number of carbonyl (C=O) groups excluding carboxylic acids is 2. The van der Waals surface area contributed by atoms with Gasteiger partial charge in [-0.15, -0.1) is 0 Å². The molecule has 0 radical (unpaired) electrons. The van der Waals surface area contributed by atoms with E-state index in [9.17, 15) is 19.1 Å². The second-order valence-electron chi connectivity index (χ2n) is 7.91. The molecule has 1 aliphatic heterocycles. The van der Waals surface area contributed by atoms with Crippen LogP contribution in [0, 0.1) is 5.82 Å². The lowest BCUT2D eigenvalue weighted by Crippen LogP contribution is -2.56. The highest BCUT2D eigenvalue weighted by atomic mass is 19.1. The van der Waals surface area contributed by atoms with E-state index >= 15 is 0 Å². The largest absolute Gasteiger partial charge is 0.394 e. The Bertz CT molecular complexity index is 1090. The van der Waals surface area contributed by atoms with Gasteiger partial charge in [-0.05, 0) is 40.6 Å². The minimum absolute atomic E-state index is 0.128. The van der Waals surface area contributed by atoms with E-state index < -0.39 is 12.6 Å². The molecule has 1 unspecified atom stereocenters. The van der Waals surface area contributed by atoms with Crippen LogP contribution in [0.4, 0.5) is 10.1 Å². The summed E-state index contributed by atoms with van der Waals surface area (Å²) >= 11 is 0. The van der Waals surface area contributed by atoms with Crippen LogP contribution >= 0.6 is 0 Å². The summed E-state index contributed by atoms with van der Waals surface area (Å²) in [5, 5.41) is 14.5. The van der Waals surface area contributed by atoms with E-state index in [-0.39, 0.29) is 24.1 Å². The molecule has 0 saturated carbocycles. The molecule has 3 aromatic rings. The number of nitrogens with one attached hydrogen (secondary N) is 1. The summed E-state index contributed by atoms with van der Waals surface area (Å²) in [4.78, 5) is 29.3. The van der Waals surface area contributed by atoms with Gasteiger partial charge < -0.3 is 20.2 Å². The molecule has 2 N–H and O–H groups in total. The number of amides is 2. The van der Waals surface area contributed by atoms with E-state index in [1.54, 1.807) is 17.0 Å². The van der Waals surface area contributed by atoms with Gasteiger partial charge in [-0.25, -0.2) is 4.39 Å². The molecule has 0 spiro atoms. The Balaban J connectivity index is 1.34. The maximum absolute atomic E-state index is 13.1. The fraction of sp³-hybridized carbons (Fsp3) is 0.280. The van der Waals surface area contributed by atoms with Gasteiger partial charge >= 0.3 is 0 Å². The highest BCUT2D eigenvalue weighted by Gasteiger charge is 2.28. The van der Waals surface area contributed by atoms with Gasteiger partial charge in [0.25, 0.3) is 0 Å². The average Bonchev–Trinajstić information content (AvgIpc) is 2.83. The van der Waals surface area contributed by atoms with Gasteiger partial charge in [0.2, 0.25) is 11.8 Å². The Kier molecular flexibility index (Phi) is 6.66. The van der Waals surface area contributed by atoms with Crippen molar-refractivity contribution in [3.63, 3.8) is 0 Å². The molecule has 1 saturated heterocycles. The first-order chi connectivity index (χ1) is 15.5. The first-order valence-corrected chi connectivity index (χ1v) is 10.7. The van der Waals surface area contributed by atoms with E-state index in [2.05, 4.69) is 10.2 Å². The fourth-order valence-corrected chi connectivity index (χ4v) is 4.11. The fourth-order valence-electron chi connectivity index (χ4n) is 4.11. The lowest BCUT2D eigenvalue weighted by atomic mass is 10.0. The number of rotatable bonds is 6. The number of halogens is 1. The van der Waals surface area contributed by atoms with Gasteiger partial charge in [-0.2, -0.15) is 0 Å². The number of aliphatic hydroxyl groups is 1. The van der Waals surface area contributed by atoms with Crippen molar-refractivity contribution in [3.8, 4) is 0 Å². The standard InChI is InChI=1S/C25H26FN3O3/c26-20-8-10-21(11-9-20)28-12-14-29(15-13-28)25(32)23(17-30)27-24(31)16-19-6-3-5-18-4-1-2-7-22(18)19/h1-11,23,30H,12-17H2,(H,27,31). The van der Waals surface area contributed by atoms with Crippen LogP contribution in [0.1, 0.15) is 5.56 Å². The van der Waals surface area contributed by atoms with E-state index in [0.717, 1.165) is 22.0 Å². The summed E-state index contributed by atoms with van der Waals surface area (Å²) in [5.74, 6) is -0.885. The minimum Gasteiger partial charge on any atom is -0.394 e. The number of nitrogens with zero attached hydrogens (tertiary/aromatic N) is 2. The Morgan fingerprint density at radius 2 is 1.62 bits per heavy atom. The molecule has 1 heterocycles. The Labute approximate surface area is 186 Å². The third-order valence-corrected chi connectivity index (χ3v) is 5.83. The van der Waals surface area contributed by atoms with E-state index in [0.29, 0.717) is 26.2 Å². The number of benzene rings is 3. The molecule has 4 rings (SSSR count). The molecule has 3 aromatic carbocycles. The maximum Gasteiger partial charge on any atom is 0.247 e. The van der Waals surface area contributed by atoms with Gasteiger partial charge in [0, 0.05) is 31.9 Å². The summed E-state index contributed by atoms with van der Waals surface area (Å²) in [6, 6.07) is 18.9. The molecule has 1 atom stereocenters. The van der Waals surface area contributed by atoms with Crippen molar-refractivity contribution in [2.24, 2.45) is 0 Å². The number of piperazine rings is 1. The van der Waals surface area contributed by atoms with Gasteiger partial charge in [-0.3, -0.25) is 9.59 Å². The number of anilines is 1. The van der Waals surface area contributed by atoms with Crippen LogP contribution in [0.2, 0.25) is 0 Å². The lowest BCUT2D eigenvalue weighted by molar-refractivity contribution is -0.137. The molecule has 0 aromatic heterocycles. The third-order valence-electron chi connectivity index (χ3n) is 5.83. The molecule has 166 valence electrons. The normalized spacial score (nSPS) is 14.9. The average molecular weight is 435 g/mol. The van der Waals surface area contributed by atoms with Gasteiger partial charge in [0.15, 0.2) is 0 Å². The minimum atomic E-state index is -0.977. The van der Waals surface area contributed by atoms with Crippen molar-refractivity contribution in [2.45, 2.75) is 12.5 Å². The predicted octanol–water partition coefficient (Wildman–Crippen LogP) is 2.35. The number of hydrogen-bond acceptors (Lipinski definition) is 4. The Hall–Kier alpha value is -3.45. The van der Waals surface area contributed by atoms with Crippen LogP contribution in [0.15, 0.2) is 66.7 Å². The highest BCUT2D eigenvalue weighted by Crippen LogP contribution is 2.19. The first kappa shape index (κ1) is 21.8. The first-order valence-electron chi connectivity index (χ1n) is 10.7. The molecule has 0 bridgehead atoms. The van der Waals surface area contributed by atoms with E-state index in [1.165, 1.54) is 12.1 Å². The zero-order valence-electron chi connectivity index (χ0n) is 17.7. The molecule has 1 aliphatic rings. The summed E-state index contributed by atoms with van der Waals surface area (Å²) in [6.07, 6.45) is 0.128. The Morgan fingerprint density at radius 3 is 2.34 bits per heavy atom. The number of fused-ring (bicyclic) bond motifs is 1. The molecular formula is C25H26FN3O3. The molecule has 2 amide bonds. The van der Waals surface area contributed by atoms with E-state index in [1.807, 2.05) is 42.5 Å². The van der Waals surface area contributed by atoms with Crippen molar-refractivity contribution in [1.29, 1.82) is 0 Å². The summed E-state index contributed by atoms with van der Waals surface area (Å²) in [6.45, 7) is 1.66. The summed E-state index contributed by atoms with van der Waals surface area (Å²) in [5.41, 5.74) is 1.78. The van der Waals surface area contributed by atoms with Crippen molar-refractivity contribution >= 4 is 28.3 Å². The smallest absolute Gasteiger partial charge is 0.247 e. The van der Waals surface area contributed by atoms with Gasteiger partial charge in [0.05, 0.1) is 13.0 Å². The summed E-state index contributed by atoms with van der Waals surface area (Å²) < 4.78 is 13.1. The molecule has 32 heavy (non-hydrogen) atoms. The second kappa shape index (κ2) is 9.78. The third kappa shape index (κ3) is 4.89. The van der Waals surface area contributed by atoms with Crippen LogP contribution < -0.4 is 10.2 Å². The summed E-state index contributed by atoms with van der Waals surface area (Å²) in [7, 11) is 0. The number of carbonyl (C=O) groups is 2. The zero-order valence-corrected chi connectivity index (χ0v) is 17.7. The monoisotopic (exact) mass is 435 g/mol. The highest BCUT2D eigenvalue weighted by molar-refractivity contribution is 5.92. The van der Waals surface area contributed by atoms with Crippen LogP contribution in [0.5, 0.6) is 0 Å². The predicted molar refractivity (Wildman–Crippen MR) is 122 cm³/mol. The quantitative estimate of drug-likeness (QED) is 0.624. The molecule has 7 heteroatoms. The lowest BCUT2D eigenvalue weighted by Gasteiger charge is -2.37. The SMILES string of the molecule is O=C(Cc1cccc2ccccc12)NC(CO)C(=O)N1CCN(c2ccc(F)cc2)CC1. The van der Waals surface area contributed by atoms with Crippen LogP contribution in [0.25, 0.3) is 10.8 Å².